The molecule has 0 atom stereocenters. The van der Waals surface area contributed by atoms with Gasteiger partial charge in [0, 0.05) is 15.8 Å². The smallest absolute Gasteiger partial charge is 0.0670 e. The first kappa shape index (κ1) is 13.7. The Morgan fingerprint density at radius 2 is 2.05 bits per heavy atom. The van der Waals surface area contributed by atoms with Gasteiger partial charge in [-0.15, -0.1) is 0 Å². The molecule has 0 aliphatic carbocycles. The number of hydrogen-bond acceptors (Lipinski definition) is 3. The molecular weight excluding hydrogens is 326 g/mol. The van der Waals surface area contributed by atoms with E-state index < -0.39 is 0 Å². The van der Waals surface area contributed by atoms with Crippen molar-refractivity contribution in [3.63, 3.8) is 0 Å². The zero-order valence-electron chi connectivity index (χ0n) is 9.95. The van der Waals surface area contributed by atoms with Crippen LogP contribution in [0.15, 0.2) is 40.9 Å². The molecular formula is C14H11BrClN3. The number of benzene rings is 2. The average molecular weight is 337 g/mol. The maximum absolute atomic E-state index is 8.75. The molecule has 0 aliphatic rings. The summed E-state index contributed by atoms with van der Waals surface area (Å²) in [4.78, 5) is 0. The van der Waals surface area contributed by atoms with Crippen molar-refractivity contribution in [1.82, 2.24) is 0 Å². The third-order valence-electron chi connectivity index (χ3n) is 2.62. The minimum absolute atomic E-state index is 0.285. The zero-order chi connectivity index (χ0) is 13.8. The molecule has 0 heterocycles. The highest BCUT2D eigenvalue weighted by Crippen LogP contribution is 2.29. The summed E-state index contributed by atoms with van der Waals surface area (Å²) in [6, 6.07) is 13.2. The van der Waals surface area contributed by atoms with E-state index in [1.165, 1.54) is 0 Å². The molecule has 3 nitrogen and oxygen atoms in total. The lowest BCUT2D eigenvalue weighted by Crippen LogP contribution is -1.97. The summed E-state index contributed by atoms with van der Waals surface area (Å²) in [5.74, 6) is 0. The highest BCUT2D eigenvalue weighted by molar-refractivity contribution is 9.10. The molecule has 2 rings (SSSR count). The van der Waals surface area contributed by atoms with E-state index in [0.717, 1.165) is 21.4 Å². The second-order valence-corrected chi connectivity index (χ2v) is 5.32. The third kappa shape index (κ3) is 3.40. The summed E-state index contributed by atoms with van der Waals surface area (Å²) < 4.78 is 0.937. The number of anilines is 3. The first-order valence-electron chi connectivity index (χ1n) is 5.57. The summed E-state index contributed by atoms with van der Waals surface area (Å²) in [5, 5.41) is 12.6. The molecule has 96 valence electrons. The predicted octanol–water partition coefficient (Wildman–Crippen LogP) is 4.49. The van der Waals surface area contributed by atoms with E-state index in [0.29, 0.717) is 10.7 Å². The van der Waals surface area contributed by atoms with Gasteiger partial charge in [-0.25, -0.2) is 0 Å². The van der Waals surface area contributed by atoms with Crippen molar-refractivity contribution in [1.29, 1.82) is 5.26 Å². The van der Waals surface area contributed by atoms with Crippen molar-refractivity contribution < 1.29 is 0 Å². The number of halogens is 2. The fourth-order valence-corrected chi connectivity index (χ4v) is 2.20. The topological polar surface area (TPSA) is 61.8 Å². The van der Waals surface area contributed by atoms with Gasteiger partial charge in [0.15, 0.2) is 0 Å². The summed E-state index contributed by atoms with van der Waals surface area (Å²) in [7, 11) is 0. The van der Waals surface area contributed by atoms with Crippen molar-refractivity contribution in [2.24, 2.45) is 0 Å². The van der Waals surface area contributed by atoms with E-state index in [1.54, 1.807) is 6.07 Å². The maximum atomic E-state index is 8.75. The van der Waals surface area contributed by atoms with Gasteiger partial charge in [-0.1, -0.05) is 27.5 Å². The second-order valence-electron chi connectivity index (χ2n) is 4.00. The summed E-state index contributed by atoms with van der Waals surface area (Å²) in [6.07, 6.45) is 0.285. The van der Waals surface area contributed by atoms with E-state index in [2.05, 4.69) is 27.3 Å². The molecule has 3 N–H and O–H groups in total. The van der Waals surface area contributed by atoms with Crippen LogP contribution in [0.4, 0.5) is 17.1 Å². The quantitative estimate of drug-likeness (QED) is 0.812. The highest BCUT2D eigenvalue weighted by Gasteiger charge is 2.04. The predicted molar refractivity (Wildman–Crippen MR) is 82.6 cm³/mol. The molecule has 0 radical (unpaired) electrons. The second kappa shape index (κ2) is 5.96. The van der Waals surface area contributed by atoms with E-state index in [1.807, 2.05) is 30.3 Å². The van der Waals surface area contributed by atoms with Crippen molar-refractivity contribution in [2.45, 2.75) is 6.42 Å². The first-order valence-corrected chi connectivity index (χ1v) is 6.74. The third-order valence-corrected chi connectivity index (χ3v) is 3.44. The van der Waals surface area contributed by atoms with Crippen LogP contribution >= 0.6 is 27.5 Å². The Morgan fingerprint density at radius 1 is 1.26 bits per heavy atom. The molecule has 0 unspecified atom stereocenters. The van der Waals surface area contributed by atoms with Gasteiger partial charge in [0.2, 0.25) is 0 Å². The van der Waals surface area contributed by atoms with Crippen LogP contribution in [0.1, 0.15) is 5.56 Å². The van der Waals surface area contributed by atoms with Crippen molar-refractivity contribution in [2.75, 3.05) is 11.1 Å². The Labute approximate surface area is 125 Å². The van der Waals surface area contributed by atoms with Crippen molar-refractivity contribution in [3.8, 4) is 6.07 Å². The van der Waals surface area contributed by atoms with E-state index in [4.69, 9.17) is 22.6 Å². The lowest BCUT2D eigenvalue weighted by molar-refractivity contribution is 1.27. The summed E-state index contributed by atoms with van der Waals surface area (Å²) >= 11 is 9.52. The number of nitriles is 1. The van der Waals surface area contributed by atoms with Gasteiger partial charge in [-0.05, 0) is 42.0 Å². The van der Waals surface area contributed by atoms with Crippen LogP contribution in [-0.4, -0.2) is 0 Å². The highest BCUT2D eigenvalue weighted by atomic mass is 79.9. The van der Waals surface area contributed by atoms with E-state index in [-0.39, 0.29) is 6.42 Å². The standard InChI is InChI=1S/C14H11BrClN3/c15-10-1-3-12(16)14(8-10)19-11-2-4-13(18)9(7-11)5-6-17/h1-4,7-8,19H,5,18H2. The first-order chi connectivity index (χ1) is 9.10. The number of hydrogen-bond donors (Lipinski definition) is 2. The van der Waals surface area contributed by atoms with Gasteiger partial charge in [0.05, 0.1) is 23.2 Å². The molecule has 0 saturated heterocycles. The van der Waals surface area contributed by atoms with Crippen LogP contribution in [0.5, 0.6) is 0 Å². The molecule has 0 aliphatic heterocycles. The summed E-state index contributed by atoms with van der Waals surface area (Å²) in [5.41, 5.74) is 8.87. The normalized spacial score (nSPS) is 9.95. The van der Waals surface area contributed by atoms with Crippen molar-refractivity contribution >= 4 is 44.6 Å². The molecule has 0 aromatic heterocycles. The molecule has 0 saturated carbocycles. The minimum Gasteiger partial charge on any atom is -0.398 e. The monoisotopic (exact) mass is 335 g/mol. The average Bonchev–Trinajstić information content (AvgIpc) is 2.38. The Hall–Kier alpha value is -1.70. The number of nitrogens with two attached hydrogens (primary N) is 1. The SMILES string of the molecule is N#CCc1cc(Nc2cc(Br)ccc2Cl)ccc1N. The Balaban J connectivity index is 2.31. The van der Waals surface area contributed by atoms with Crippen LogP contribution in [-0.2, 0) is 6.42 Å². The molecule has 0 spiro atoms. The molecule has 0 bridgehead atoms. The number of nitrogen functional groups attached to an aromatic ring is 1. The van der Waals surface area contributed by atoms with Gasteiger partial charge >= 0.3 is 0 Å². The van der Waals surface area contributed by atoms with Crippen LogP contribution < -0.4 is 11.1 Å². The number of nitrogens with zero attached hydrogens (tertiary/aromatic N) is 1. The Kier molecular flexibility index (Phi) is 4.31. The molecule has 0 amide bonds. The van der Waals surface area contributed by atoms with Crippen LogP contribution in [0.3, 0.4) is 0 Å². The molecule has 19 heavy (non-hydrogen) atoms. The maximum Gasteiger partial charge on any atom is 0.0670 e. The Morgan fingerprint density at radius 3 is 2.79 bits per heavy atom. The van der Waals surface area contributed by atoms with Gasteiger partial charge in [0.25, 0.3) is 0 Å². The van der Waals surface area contributed by atoms with Crippen LogP contribution in [0.2, 0.25) is 5.02 Å². The zero-order valence-corrected chi connectivity index (χ0v) is 12.3. The van der Waals surface area contributed by atoms with Gasteiger partial charge < -0.3 is 11.1 Å². The number of rotatable bonds is 3. The van der Waals surface area contributed by atoms with Gasteiger partial charge in [0.1, 0.15) is 0 Å². The van der Waals surface area contributed by atoms with Crippen LogP contribution in [0.25, 0.3) is 0 Å². The lowest BCUT2D eigenvalue weighted by atomic mass is 10.1. The number of nitrogens with one attached hydrogen (secondary N) is 1. The summed E-state index contributed by atoms with van der Waals surface area (Å²) in [6.45, 7) is 0. The fourth-order valence-electron chi connectivity index (χ4n) is 1.67. The lowest BCUT2D eigenvalue weighted by Gasteiger charge is -2.11. The molecule has 5 heteroatoms. The Bertz CT molecular complexity index is 650. The molecule has 0 fully saturated rings. The minimum atomic E-state index is 0.285. The van der Waals surface area contributed by atoms with Gasteiger partial charge in [-0.2, -0.15) is 5.26 Å². The van der Waals surface area contributed by atoms with Gasteiger partial charge in [-0.3, -0.25) is 0 Å². The van der Waals surface area contributed by atoms with E-state index >= 15 is 0 Å². The molecule has 2 aromatic carbocycles. The fraction of sp³-hybridized carbons (Fsp3) is 0.0714. The van der Waals surface area contributed by atoms with Crippen LogP contribution in [0, 0.1) is 11.3 Å². The molecule has 2 aromatic rings. The van der Waals surface area contributed by atoms with Crippen molar-refractivity contribution in [3.05, 3.63) is 51.5 Å². The van der Waals surface area contributed by atoms with E-state index in [9.17, 15) is 0 Å². The largest absolute Gasteiger partial charge is 0.398 e.